The van der Waals surface area contributed by atoms with Crippen LogP contribution in [0, 0.1) is 17.7 Å². The van der Waals surface area contributed by atoms with Crippen molar-refractivity contribution in [2.75, 3.05) is 0 Å². The molecular formula is C10H5F2. The van der Waals surface area contributed by atoms with Gasteiger partial charge >= 0.3 is 0 Å². The van der Waals surface area contributed by atoms with Crippen molar-refractivity contribution in [2.24, 2.45) is 0 Å². The maximum atomic E-state index is 13.0. The summed E-state index contributed by atoms with van der Waals surface area (Å²) < 4.78 is 25.6. The van der Waals surface area contributed by atoms with Gasteiger partial charge in [-0.2, -0.15) is 0 Å². The topological polar surface area (TPSA) is 0 Å². The highest BCUT2D eigenvalue weighted by Gasteiger charge is 2.01. The van der Waals surface area contributed by atoms with Gasteiger partial charge < -0.3 is 0 Å². The van der Waals surface area contributed by atoms with Crippen molar-refractivity contribution in [2.45, 2.75) is 0 Å². The molecule has 0 aliphatic rings. The lowest BCUT2D eigenvalue weighted by Gasteiger charge is -1.97. The minimum Gasteiger partial charge on any atom is -0.207 e. The van der Waals surface area contributed by atoms with Gasteiger partial charge in [0.05, 0.1) is 0 Å². The molecular weight excluding hydrogens is 158 g/mol. The van der Waals surface area contributed by atoms with Crippen molar-refractivity contribution >= 4 is 10.8 Å². The molecule has 0 N–H and O–H groups in total. The standard InChI is InChI=1S/C10H5F2/c11-8-5-7-3-1-2-4-9(7)10(12)6-8/h1-2,4-6H. The van der Waals surface area contributed by atoms with Crippen molar-refractivity contribution in [3.05, 3.63) is 48.0 Å². The zero-order valence-electron chi connectivity index (χ0n) is 6.14. The van der Waals surface area contributed by atoms with E-state index in [0.29, 0.717) is 10.8 Å². The molecule has 0 aliphatic carbocycles. The third kappa shape index (κ3) is 1.05. The summed E-state index contributed by atoms with van der Waals surface area (Å²) >= 11 is 0. The second-order valence-electron chi connectivity index (χ2n) is 2.52. The van der Waals surface area contributed by atoms with Crippen LogP contribution in [-0.4, -0.2) is 0 Å². The Morgan fingerprint density at radius 1 is 1.17 bits per heavy atom. The molecule has 2 heteroatoms. The minimum absolute atomic E-state index is 0.402. The van der Waals surface area contributed by atoms with E-state index in [4.69, 9.17) is 0 Å². The first-order chi connectivity index (χ1) is 5.77. The number of hydrogen-bond donors (Lipinski definition) is 0. The van der Waals surface area contributed by atoms with E-state index in [1.165, 1.54) is 6.07 Å². The van der Waals surface area contributed by atoms with Crippen molar-refractivity contribution < 1.29 is 8.78 Å². The van der Waals surface area contributed by atoms with Crippen LogP contribution in [-0.2, 0) is 0 Å². The lowest BCUT2D eigenvalue weighted by Crippen LogP contribution is -1.82. The van der Waals surface area contributed by atoms with Crippen molar-refractivity contribution in [3.63, 3.8) is 0 Å². The largest absolute Gasteiger partial charge is 0.207 e. The van der Waals surface area contributed by atoms with Gasteiger partial charge in [0, 0.05) is 11.5 Å². The predicted molar refractivity (Wildman–Crippen MR) is 42.7 cm³/mol. The first kappa shape index (κ1) is 7.22. The highest BCUT2D eigenvalue weighted by atomic mass is 19.1. The van der Waals surface area contributed by atoms with E-state index in [1.54, 1.807) is 18.2 Å². The molecule has 0 bridgehead atoms. The molecule has 0 fully saturated rings. The van der Waals surface area contributed by atoms with E-state index >= 15 is 0 Å². The maximum Gasteiger partial charge on any atom is 0.133 e. The van der Waals surface area contributed by atoms with Gasteiger partial charge in [0.15, 0.2) is 0 Å². The molecule has 59 valence electrons. The third-order valence-electron chi connectivity index (χ3n) is 1.69. The molecule has 0 nitrogen and oxygen atoms in total. The van der Waals surface area contributed by atoms with Gasteiger partial charge in [0.25, 0.3) is 0 Å². The molecule has 0 spiro atoms. The Balaban J connectivity index is 2.89. The molecule has 0 aromatic heterocycles. The number of benzene rings is 2. The Hall–Kier alpha value is -1.44. The molecule has 12 heavy (non-hydrogen) atoms. The Morgan fingerprint density at radius 3 is 2.83 bits per heavy atom. The Labute approximate surface area is 68.4 Å². The van der Waals surface area contributed by atoms with E-state index in [0.717, 1.165) is 6.07 Å². The zero-order chi connectivity index (χ0) is 8.55. The summed E-state index contributed by atoms with van der Waals surface area (Å²) in [6, 6.07) is 9.78. The molecule has 0 unspecified atom stereocenters. The average molecular weight is 163 g/mol. The SMILES string of the molecule is Fc1cc(F)c2ccc[c]c2c1. The quantitative estimate of drug-likeness (QED) is 0.560. The smallest absolute Gasteiger partial charge is 0.133 e. The molecule has 0 heterocycles. The number of rotatable bonds is 0. The Bertz CT molecular complexity index is 421. The van der Waals surface area contributed by atoms with Crippen LogP contribution in [0.1, 0.15) is 0 Å². The summed E-state index contributed by atoms with van der Waals surface area (Å²) in [4.78, 5) is 0. The highest BCUT2D eigenvalue weighted by Crippen LogP contribution is 2.18. The van der Waals surface area contributed by atoms with Crippen LogP contribution in [0.15, 0.2) is 30.3 Å². The van der Waals surface area contributed by atoms with Gasteiger partial charge in [0.1, 0.15) is 11.6 Å². The molecule has 2 aromatic carbocycles. The van der Waals surface area contributed by atoms with E-state index in [2.05, 4.69) is 6.07 Å². The van der Waals surface area contributed by atoms with Crippen LogP contribution < -0.4 is 0 Å². The second kappa shape index (κ2) is 2.55. The molecule has 0 saturated carbocycles. The van der Waals surface area contributed by atoms with Gasteiger partial charge in [-0.25, -0.2) is 8.78 Å². The first-order valence-corrected chi connectivity index (χ1v) is 3.53. The van der Waals surface area contributed by atoms with Gasteiger partial charge in [-0.15, -0.1) is 0 Å². The lowest BCUT2D eigenvalue weighted by molar-refractivity contribution is 0.592. The van der Waals surface area contributed by atoms with Crippen LogP contribution >= 0.6 is 0 Å². The zero-order valence-corrected chi connectivity index (χ0v) is 6.14. The molecule has 2 rings (SSSR count). The third-order valence-corrected chi connectivity index (χ3v) is 1.69. The Kier molecular flexibility index (Phi) is 1.54. The van der Waals surface area contributed by atoms with Gasteiger partial charge in [-0.3, -0.25) is 0 Å². The summed E-state index contributed by atoms with van der Waals surface area (Å²) in [5.74, 6) is -1.11. The molecule has 0 aliphatic heterocycles. The van der Waals surface area contributed by atoms with Crippen molar-refractivity contribution in [1.82, 2.24) is 0 Å². The maximum absolute atomic E-state index is 13.0. The molecule has 0 atom stereocenters. The van der Waals surface area contributed by atoms with E-state index in [-0.39, 0.29) is 0 Å². The van der Waals surface area contributed by atoms with Crippen LogP contribution in [0.25, 0.3) is 10.8 Å². The highest BCUT2D eigenvalue weighted by molar-refractivity contribution is 5.82. The molecule has 0 amide bonds. The Morgan fingerprint density at radius 2 is 2.00 bits per heavy atom. The molecule has 2 aromatic rings. The minimum atomic E-state index is -0.567. The van der Waals surface area contributed by atoms with E-state index in [9.17, 15) is 8.78 Å². The van der Waals surface area contributed by atoms with Crippen LogP contribution in [0.2, 0.25) is 0 Å². The number of hydrogen-bond acceptors (Lipinski definition) is 0. The fourth-order valence-corrected chi connectivity index (χ4v) is 1.16. The fraction of sp³-hybridized carbons (Fsp3) is 0. The van der Waals surface area contributed by atoms with Gasteiger partial charge in [-0.1, -0.05) is 18.2 Å². The number of halogens is 2. The fourth-order valence-electron chi connectivity index (χ4n) is 1.16. The first-order valence-electron chi connectivity index (χ1n) is 3.53. The normalized spacial score (nSPS) is 10.5. The van der Waals surface area contributed by atoms with E-state index in [1.807, 2.05) is 0 Å². The second-order valence-corrected chi connectivity index (χ2v) is 2.52. The predicted octanol–water partition coefficient (Wildman–Crippen LogP) is 2.92. The van der Waals surface area contributed by atoms with Crippen LogP contribution in [0.4, 0.5) is 8.78 Å². The summed E-state index contributed by atoms with van der Waals surface area (Å²) in [6.07, 6.45) is 0. The van der Waals surface area contributed by atoms with Crippen LogP contribution in [0.3, 0.4) is 0 Å². The van der Waals surface area contributed by atoms with Crippen molar-refractivity contribution in [3.8, 4) is 0 Å². The van der Waals surface area contributed by atoms with Crippen LogP contribution in [0.5, 0.6) is 0 Å². The van der Waals surface area contributed by atoms with Gasteiger partial charge in [0.2, 0.25) is 0 Å². The summed E-state index contributed by atoms with van der Waals surface area (Å²) in [6.45, 7) is 0. The molecule has 1 radical (unpaired) electrons. The monoisotopic (exact) mass is 163 g/mol. The van der Waals surface area contributed by atoms with E-state index < -0.39 is 11.6 Å². The van der Waals surface area contributed by atoms with Crippen molar-refractivity contribution in [1.29, 1.82) is 0 Å². The summed E-state index contributed by atoms with van der Waals surface area (Å²) in [7, 11) is 0. The lowest BCUT2D eigenvalue weighted by atomic mass is 10.1. The average Bonchev–Trinajstić information content (AvgIpc) is 2.04. The summed E-state index contributed by atoms with van der Waals surface area (Å²) in [5, 5.41) is 0.869. The van der Waals surface area contributed by atoms with Gasteiger partial charge in [-0.05, 0) is 17.5 Å². The molecule has 0 saturated heterocycles. The number of fused-ring (bicyclic) bond motifs is 1. The summed E-state index contributed by atoms with van der Waals surface area (Å²) in [5.41, 5.74) is 0.